The number of amides is 2. The first kappa shape index (κ1) is 20.4. The zero-order chi connectivity index (χ0) is 19.1. The Morgan fingerprint density at radius 3 is 2.56 bits per heavy atom. The second kappa shape index (κ2) is 10.3. The van der Waals surface area contributed by atoms with Gasteiger partial charge >= 0.3 is 6.03 Å². The van der Waals surface area contributed by atoms with Crippen molar-refractivity contribution < 1.29 is 4.79 Å². The van der Waals surface area contributed by atoms with Gasteiger partial charge < -0.3 is 10.6 Å². The van der Waals surface area contributed by atoms with E-state index in [1.807, 2.05) is 0 Å². The second-order valence-electron chi connectivity index (χ2n) is 7.44. The maximum absolute atomic E-state index is 12.3. The quantitative estimate of drug-likeness (QED) is 0.665. The highest BCUT2D eigenvalue weighted by atomic mass is 35.5. The van der Waals surface area contributed by atoms with E-state index in [-0.39, 0.29) is 12.1 Å². The Morgan fingerprint density at radius 1 is 1.11 bits per heavy atom. The molecule has 1 saturated heterocycles. The van der Waals surface area contributed by atoms with Gasteiger partial charge in [-0.25, -0.2) is 4.79 Å². The molecule has 2 aliphatic rings. The van der Waals surface area contributed by atoms with Crippen LogP contribution in [0.1, 0.15) is 51.4 Å². The van der Waals surface area contributed by atoms with E-state index in [2.05, 4.69) is 26.6 Å². The normalized spacial score (nSPS) is 21.6. The largest absolute Gasteiger partial charge is 0.335 e. The standard InChI is InChI=1S/C20H28Cl2N4O/c21-17-12-23-13-18(22)19(17)25-20(27)24-16-8-10-26(11-9-16)14-15-6-4-2-1-3-5-7-15/h6,12-13,16H,1-5,7-11,14H2,(H2,23,24,25,27)/b15-6+. The molecule has 0 saturated carbocycles. The number of rotatable bonds is 4. The van der Waals surface area contributed by atoms with Crippen LogP contribution in [0.3, 0.4) is 0 Å². The van der Waals surface area contributed by atoms with E-state index in [4.69, 9.17) is 23.2 Å². The molecule has 1 aromatic rings. The van der Waals surface area contributed by atoms with Crippen molar-refractivity contribution in [2.45, 2.75) is 57.4 Å². The lowest BCUT2D eigenvalue weighted by Crippen LogP contribution is -2.46. The summed E-state index contributed by atoms with van der Waals surface area (Å²) in [6.45, 7) is 3.11. The van der Waals surface area contributed by atoms with Crippen molar-refractivity contribution in [2.24, 2.45) is 0 Å². The van der Waals surface area contributed by atoms with Crippen molar-refractivity contribution in [2.75, 3.05) is 25.0 Å². The number of nitrogens with one attached hydrogen (secondary N) is 2. The summed E-state index contributed by atoms with van der Waals surface area (Å²) in [5.74, 6) is 0. The van der Waals surface area contributed by atoms with Crippen LogP contribution in [0.25, 0.3) is 0 Å². The van der Waals surface area contributed by atoms with Crippen LogP contribution < -0.4 is 10.6 Å². The Hall–Kier alpha value is -1.30. The van der Waals surface area contributed by atoms with E-state index in [0.29, 0.717) is 15.7 Å². The fourth-order valence-electron chi connectivity index (χ4n) is 3.79. The van der Waals surface area contributed by atoms with Gasteiger partial charge in [-0.3, -0.25) is 9.88 Å². The summed E-state index contributed by atoms with van der Waals surface area (Å²) in [6, 6.07) is -0.0990. The summed E-state index contributed by atoms with van der Waals surface area (Å²) >= 11 is 12.1. The van der Waals surface area contributed by atoms with Gasteiger partial charge in [0.25, 0.3) is 0 Å². The molecule has 0 spiro atoms. The Bertz CT molecular complexity index is 652. The van der Waals surface area contributed by atoms with Gasteiger partial charge in [-0.05, 0) is 38.5 Å². The summed E-state index contributed by atoms with van der Waals surface area (Å²) in [5, 5.41) is 6.44. The van der Waals surface area contributed by atoms with E-state index in [1.165, 1.54) is 50.9 Å². The predicted molar refractivity (Wildman–Crippen MR) is 112 cm³/mol. The van der Waals surface area contributed by atoms with Crippen LogP contribution in [0.4, 0.5) is 10.5 Å². The number of pyridine rings is 1. The second-order valence-corrected chi connectivity index (χ2v) is 8.26. The molecule has 7 heteroatoms. The number of carbonyl (C=O) groups is 1. The molecule has 0 radical (unpaired) electrons. The number of likely N-dealkylation sites (tertiary alicyclic amines) is 1. The monoisotopic (exact) mass is 410 g/mol. The minimum atomic E-state index is -0.272. The summed E-state index contributed by atoms with van der Waals surface area (Å²) in [7, 11) is 0. The Kier molecular flexibility index (Phi) is 7.80. The molecule has 1 aliphatic carbocycles. The van der Waals surface area contributed by atoms with E-state index < -0.39 is 0 Å². The van der Waals surface area contributed by atoms with Crippen LogP contribution in [0.15, 0.2) is 24.0 Å². The number of hydrogen-bond donors (Lipinski definition) is 2. The number of allylic oxidation sites excluding steroid dienone is 1. The average molecular weight is 411 g/mol. The van der Waals surface area contributed by atoms with Gasteiger partial charge in [0, 0.05) is 38.1 Å². The van der Waals surface area contributed by atoms with Gasteiger partial charge in [0.1, 0.15) is 0 Å². The maximum Gasteiger partial charge on any atom is 0.319 e. The Labute approximate surface area is 171 Å². The lowest BCUT2D eigenvalue weighted by Gasteiger charge is -2.33. The van der Waals surface area contributed by atoms with Gasteiger partial charge in [-0.2, -0.15) is 0 Å². The molecule has 2 heterocycles. The molecular weight excluding hydrogens is 383 g/mol. The van der Waals surface area contributed by atoms with Gasteiger partial charge in [-0.15, -0.1) is 0 Å². The van der Waals surface area contributed by atoms with Crippen LogP contribution in [0.2, 0.25) is 10.0 Å². The minimum absolute atomic E-state index is 0.173. The molecule has 148 valence electrons. The van der Waals surface area contributed by atoms with Gasteiger partial charge in [0.15, 0.2) is 0 Å². The minimum Gasteiger partial charge on any atom is -0.335 e. The third-order valence-corrected chi connectivity index (χ3v) is 5.90. The number of carbonyl (C=O) groups excluding carboxylic acids is 1. The van der Waals surface area contributed by atoms with E-state index >= 15 is 0 Å². The molecule has 1 aliphatic heterocycles. The third kappa shape index (κ3) is 6.37. The number of urea groups is 1. The SMILES string of the molecule is O=C(Nc1c(Cl)cncc1Cl)NC1CCN(C/C2=C/CCCCCC2)CC1. The molecule has 1 aromatic heterocycles. The zero-order valence-corrected chi connectivity index (χ0v) is 17.2. The molecule has 5 nitrogen and oxygen atoms in total. The van der Waals surface area contributed by atoms with E-state index in [9.17, 15) is 4.79 Å². The summed E-state index contributed by atoms with van der Waals surface area (Å²) in [5.41, 5.74) is 2.00. The summed E-state index contributed by atoms with van der Waals surface area (Å²) < 4.78 is 0. The molecular formula is C20H28Cl2N4O. The summed E-state index contributed by atoms with van der Waals surface area (Å²) in [6.07, 6.45) is 15.2. The number of piperidine rings is 1. The summed E-state index contributed by atoms with van der Waals surface area (Å²) in [4.78, 5) is 18.7. The highest BCUT2D eigenvalue weighted by Crippen LogP contribution is 2.28. The van der Waals surface area contributed by atoms with Gasteiger partial charge in [0.05, 0.1) is 15.7 Å². The predicted octanol–water partition coefficient (Wildman–Crippen LogP) is 5.25. The molecule has 0 atom stereocenters. The van der Waals surface area contributed by atoms with Crippen molar-refractivity contribution in [1.29, 1.82) is 0 Å². The molecule has 2 N–H and O–H groups in total. The number of halogens is 2. The van der Waals surface area contributed by atoms with Crippen molar-refractivity contribution in [3.05, 3.63) is 34.1 Å². The Morgan fingerprint density at radius 2 is 1.81 bits per heavy atom. The number of hydrogen-bond acceptors (Lipinski definition) is 3. The maximum atomic E-state index is 12.3. The number of aromatic nitrogens is 1. The van der Waals surface area contributed by atoms with Crippen molar-refractivity contribution >= 4 is 34.9 Å². The topological polar surface area (TPSA) is 57.3 Å². The van der Waals surface area contributed by atoms with Crippen molar-refractivity contribution in [1.82, 2.24) is 15.2 Å². The van der Waals surface area contributed by atoms with Crippen molar-refractivity contribution in [3.63, 3.8) is 0 Å². The first-order valence-electron chi connectivity index (χ1n) is 9.88. The molecule has 2 amide bonds. The fraction of sp³-hybridized carbons (Fsp3) is 0.600. The van der Waals surface area contributed by atoms with Crippen LogP contribution >= 0.6 is 23.2 Å². The first-order chi connectivity index (χ1) is 13.1. The van der Waals surface area contributed by atoms with E-state index in [1.54, 1.807) is 5.57 Å². The lowest BCUT2D eigenvalue weighted by molar-refractivity contribution is 0.205. The number of anilines is 1. The fourth-order valence-corrected chi connectivity index (χ4v) is 4.25. The highest BCUT2D eigenvalue weighted by Gasteiger charge is 2.22. The zero-order valence-electron chi connectivity index (χ0n) is 15.6. The average Bonchev–Trinajstić information content (AvgIpc) is 2.62. The lowest BCUT2D eigenvalue weighted by atomic mass is 9.98. The third-order valence-electron chi connectivity index (χ3n) is 5.33. The molecule has 0 bridgehead atoms. The van der Waals surface area contributed by atoms with Crippen LogP contribution in [0.5, 0.6) is 0 Å². The molecule has 0 aromatic carbocycles. The van der Waals surface area contributed by atoms with Crippen LogP contribution in [0, 0.1) is 0 Å². The van der Waals surface area contributed by atoms with Crippen LogP contribution in [-0.2, 0) is 0 Å². The number of nitrogens with zero attached hydrogens (tertiary/aromatic N) is 2. The Balaban J connectivity index is 1.43. The smallest absolute Gasteiger partial charge is 0.319 e. The van der Waals surface area contributed by atoms with E-state index in [0.717, 1.165) is 32.5 Å². The first-order valence-corrected chi connectivity index (χ1v) is 10.6. The molecule has 27 heavy (non-hydrogen) atoms. The van der Waals surface area contributed by atoms with Gasteiger partial charge in [0.2, 0.25) is 0 Å². The molecule has 1 fully saturated rings. The highest BCUT2D eigenvalue weighted by molar-refractivity contribution is 6.39. The van der Waals surface area contributed by atoms with Gasteiger partial charge in [-0.1, -0.05) is 47.7 Å². The molecule has 0 unspecified atom stereocenters. The van der Waals surface area contributed by atoms with Crippen LogP contribution in [-0.4, -0.2) is 41.6 Å². The van der Waals surface area contributed by atoms with Crippen molar-refractivity contribution in [3.8, 4) is 0 Å². The molecule has 3 rings (SSSR count).